The lowest BCUT2D eigenvalue weighted by molar-refractivity contribution is 1.20. The summed E-state index contributed by atoms with van der Waals surface area (Å²) in [6, 6.07) is 20.7. The van der Waals surface area contributed by atoms with Crippen LogP contribution in [-0.4, -0.2) is 8.80 Å². The van der Waals surface area contributed by atoms with Crippen LogP contribution in [0.1, 0.15) is 5.56 Å². The highest BCUT2D eigenvalue weighted by Crippen LogP contribution is 2.46. The van der Waals surface area contributed by atoms with Crippen LogP contribution in [0.25, 0.3) is 70.0 Å². The second-order valence-corrected chi connectivity index (χ2v) is 11.0. The Hall–Kier alpha value is -4.50. The van der Waals surface area contributed by atoms with Gasteiger partial charge >= 0.3 is 0 Å². The number of hydrogen-bond acceptors (Lipinski definition) is 3. The first-order valence-electron chi connectivity index (χ1n) is 11.6. The molecule has 0 unspecified atom stereocenters. The smallest absolute Gasteiger partial charge is 0.264 e. The van der Waals surface area contributed by atoms with Crippen LogP contribution in [0.2, 0.25) is 0 Å². The third kappa shape index (κ3) is 2.27. The highest BCUT2D eigenvalue weighted by molar-refractivity contribution is 9.11. The van der Waals surface area contributed by atoms with E-state index in [4.69, 9.17) is 6.57 Å². The molecule has 0 aliphatic carbocycles. The molecule has 0 amide bonds. The van der Waals surface area contributed by atoms with E-state index in [1.54, 1.807) is 8.80 Å². The topological polar surface area (TPSA) is 71.1 Å². The van der Waals surface area contributed by atoms with E-state index in [0.29, 0.717) is 85.4 Å². The predicted octanol–water partition coefficient (Wildman–Crippen LogP) is 7.50. The molecule has 8 rings (SSSR count). The molecule has 6 nitrogen and oxygen atoms in total. The maximum Gasteiger partial charge on any atom is 0.264 e. The third-order valence-electron chi connectivity index (χ3n) is 7.60. The van der Waals surface area contributed by atoms with Gasteiger partial charge in [-0.15, -0.1) is 0 Å². The molecule has 0 fully saturated rings. The van der Waals surface area contributed by atoms with Crippen molar-refractivity contribution in [1.82, 2.24) is 8.80 Å². The van der Waals surface area contributed by atoms with Gasteiger partial charge in [0.05, 0.1) is 39.5 Å². The molecule has 8 heteroatoms. The number of para-hydroxylation sites is 2. The zero-order valence-electron chi connectivity index (χ0n) is 19.1. The van der Waals surface area contributed by atoms with E-state index in [0.717, 1.165) is 0 Å². The summed E-state index contributed by atoms with van der Waals surface area (Å²) in [7, 11) is 0. The van der Waals surface area contributed by atoms with Gasteiger partial charge in [-0.05, 0) is 61.5 Å². The van der Waals surface area contributed by atoms with E-state index in [1.165, 1.54) is 0 Å². The fourth-order valence-corrected chi connectivity index (χ4v) is 7.39. The predicted molar refractivity (Wildman–Crippen MR) is 157 cm³/mol. The standard InChI is InChI=1S/C30H10Br2N4O2/c1-34-26-14-7-3-5-9-21(14)36-28(26)16-11-19(32)24-22-15(10-18(31)25(23(16)22)30(36)38)27-17(12-33)13-6-2-4-8-20(13)35(27)29(24)37/h2-11H. The zero-order valence-corrected chi connectivity index (χ0v) is 22.3. The van der Waals surface area contributed by atoms with E-state index in [2.05, 4.69) is 42.8 Å². The summed E-state index contributed by atoms with van der Waals surface area (Å²) in [6.45, 7) is 7.98. The Kier molecular flexibility index (Phi) is 4.02. The summed E-state index contributed by atoms with van der Waals surface area (Å²) in [4.78, 5) is 32.1. The monoisotopic (exact) mass is 616 g/mol. The number of rotatable bonds is 0. The Balaban J connectivity index is 1.82. The number of nitrogens with zero attached hydrogens (tertiary/aromatic N) is 4. The van der Waals surface area contributed by atoms with Gasteiger partial charge in [-0.2, -0.15) is 5.26 Å². The SMILES string of the molecule is [C-]#[N+]c1c2ccccc2n2c(=O)c3c(Br)cc4c5c(c(Br)cc(c35)c12)c(=O)n1c2ccccc2c(C#N)c41. The number of aromatic nitrogens is 2. The van der Waals surface area contributed by atoms with Crippen molar-refractivity contribution >= 4 is 103 Å². The van der Waals surface area contributed by atoms with Gasteiger partial charge in [0.25, 0.3) is 11.1 Å². The molecular weight excluding hydrogens is 608 g/mol. The van der Waals surface area contributed by atoms with Crippen molar-refractivity contribution in [3.63, 3.8) is 0 Å². The highest BCUT2D eigenvalue weighted by Gasteiger charge is 2.27. The zero-order chi connectivity index (χ0) is 26.0. The van der Waals surface area contributed by atoms with Gasteiger partial charge in [0.2, 0.25) is 5.69 Å². The van der Waals surface area contributed by atoms with E-state index in [1.807, 2.05) is 60.7 Å². The molecule has 0 atom stereocenters. The minimum Gasteiger partial charge on any atom is -0.287 e. The number of hydrogen-bond donors (Lipinski definition) is 0. The molecule has 4 aromatic heterocycles. The van der Waals surface area contributed by atoms with E-state index < -0.39 is 0 Å². The van der Waals surface area contributed by atoms with E-state index >= 15 is 0 Å². The molecule has 0 aliphatic rings. The first kappa shape index (κ1) is 21.6. The average Bonchev–Trinajstić information content (AvgIpc) is 3.44. The van der Waals surface area contributed by atoms with Crippen LogP contribution < -0.4 is 11.1 Å². The minimum atomic E-state index is -0.277. The molecule has 0 spiro atoms. The van der Waals surface area contributed by atoms with Gasteiger partial charge in [-0.25, -0.2) is 4.85 Å². The molecular formula is C30H10Br2N4O2. The molecule has 4 heterocycles. The van der Waals surface area contributed by atoms with Crippen molar-refractivity contribution < 1.29 is 0 Å². The van der Waals surface area contributed by atoms with E-state index in [-0.39, 0.29) is 11.1 Å². The van der Waals surface area contributed by atoms with Crippen molar-refractivity contribution in [3.8, 4) is 6.07 Å². The Morgan fingerprint density at radius 2 is 1.21 bits per heavy atom. The molecule has 0 bridgehead atoms. The van der Waals surface area contributed by atoms with Gasteiger partial charge in [0, 0.05) is 41.4 Å². The minimum absolute atomic E-state index is 0.274. The summed E-state index contributed by atoms with van der Waals surface area (Å²) in [5, 5.41) is 15.0. The Bertz CT molecular complexity index is 2420. The molecule has 4 aromatic carbocycles. The lowest BCUT2D eigenvalue weighted by Crippen LogP contribution is -2.17. The summed E-state index contributed by atoms with van der Waals surface area (Å²) >= 11 is 7.32. The molecule has 0 aliphatic heterocycles. The lowest BCUT2D eigenvalue weighted by atomic mass is 9.94. The quantitative estimate of drug-likeness (QED) is 0.131. The van der Waals surface area contributed by atoms with Crippen LogP contribution in [0.3, 0.4) is 0 Å². The van der Waals surface area contributed by atoms with Crippen LogP contribution in [0.5, 0.6) is 0 Å². The molecule has 176 valence electrons. The first-order chi connectivity index (χ1) is 18.5. The molecule has 8 aromatic rings. The summed E-state index contributed by atoms with van der Waals surface area (Å²) in [6.07, 6.45) is 0. The third-order valence-corrected chi connectivity index (χ3v) is 8.85. The highest BCUT2D eigenvalue weighted by atomic mass is 79.9. The van der Waals surface area contributed by atoms with Crippen molar-refractivity contribution in [1.29, 1.82) is 5.26 Å². The number of fused-ring (bicyclic) bond motifs is 8. The van der Waals surface area contributed by atoms with Gasteiger partial charge in [-0.1, -0.05) is 36.4 Å². The van der Waals surface area contributed by atoms with Crippen LogP contribution in [-0.2, 0) is 0 Å². The van der Waals surface area contributed by atoms with Crippen LogP contribution >= 0.6 is 31.9 Å². The number of nitriles is 1. The van der Waals surface area contributed by atoms with Crippen LogP contribution in [0.15, 0.2) is 79.2 Å². The second kappa shape index (κ2) is 7.08. The maximum atomic E-state index is 14.1. The fourth-order valence-electron chi connectivity index (χ4n) is 6.20. The molecule has 38 heavy (non-hydrogen) atoms. The van der Waals surface area contributed by atoms with Crippen LogP contribution in [0.4, 0.5) is 5.69 Å². The van der Waals surface area contributed by atoms with Crippen LogP contribution in [0, 0.1) is 17.9 Å². The summed E-state index contributed by atoms with van der Waals surface area (Å²) in [5.41, 5.74) is 2.56. The fraction of sp³-hybridized carbons (Fsp3) is 0. The Labute approximate surface area is 229 Å². The first-order valence-corrected chi connectivity index (χ1v) is 13.2. The van der Waals surface area contributed by atoms with Gasteiger partial charge in [0.15, 0.2) is 0 Å². The van der Waals surface area contributed by atoms with Gasteiger partial charge in [-0.3, -0.25) is 18.4 Å². The lowest BCUT2D eigenvalue weighted by Gasteiger charge is -2.16. The largest absolute Gasteiger partial charge is 0.287 e. The van der Waals surface area contributed by atoms with Crippen molar-refractivity contribution in [2.75, 3.05) is 0 Å². The average molecular weight is 618 g/mol. The summed E-state index contributed by atoms with van der Waals surface area (Å²) in [5.74, 6) is 0. The van der Waals surface area contributed by atoms with E-state index in [9.17, 15) is 14.9 Å². The normalized spacial score (nSPS) is 12.1. The molecule has 0 saturated heterocycles. The van der Waals surface area contributed by atoms with Crippen molar-refractivity contribution in [2.45, 2.75) is 0 Å². The number of pyridine rings is 2. The van der Waals surface area contributed by atoms with Gasteiger partial charge < -0.3 is 0 Å². The molecule has 0 radical (unpaired) electrons. The van der Waals surface area contributed by atoms with Crippen molar-refractivity contribution in [3.05, 3.63) is 107 Å². The number of benzene rings is 4. The number of halogens is 2. The maximum absolute atomic E-state index is 14.1. The Morgan fingerprint density at radius 3 is 1.79 bits per heavy atom. The molecule has 0 saturated carbocycles. The Morgan fingerprint density at radius 1 is 0.711 bits per heavy atom. The molecule has 0 N–H and O–H groups in total. The van der Waals surface area contributed by atoms with Crippen molar-refractivity contribution in [2.24, 2.45) is 0 Å². The second-order valence-electron chi connectivity index (χ2n) is 9.27. The summed E-state index contributed by atoms with van der Waals surface area (Å²) < 4.78 is 4.31. The van der Waals surface area contributed by atoms with Gasteiger partial charge in [0.1, 0.15) is 6.07 Å².